The predicted octanol–water partition coefficient (Wildman–Crippen LogP) is 3.46. The Labute approximate surface area is 202 Å². The molecule has 7 nitrogen and oxygen atoms in total. The summed E-state index contributed by atoms with van der Waals surface area (Å²) in [6.07, 6.45) is -2.75. The fourth-order valence-electron chi connectivity index (χ4n) is 3.81. The molecule has 0 radical (unpaired) electrons. The van der Waals surface area contributed by atoms with Crippen molar-refractivity contribution >= 4 is 11.5 Å². The van der Waals surface area contributed by atoms with Gasteiger partial charge < -0.3 is 15.5 Å². The molecular formula is C25H28F3N7. The molecule has 35 heavy (non-hydrogen) atoms. The molecule has 0 aliphatic carbocycles. The van der Waals surface area contributed by atoms with Crippen LogP contribution in [0.1, 0.15) is 22.5 Å². The molecule has 1 aromatic carbocycles. The first-order chi connectivity index (χ1) is 16.8. The molecule has 184 valence electrons. The van der Waals surface area contributed by atoms with E-state index in [2.05, 4.69) is 42.4 Å². The van der Waals surface area contributed by atoms with Gasteiger partial charge in [-0.25, -0.2) is 4.98 Å². The van der Waals surface area contributed by atoms with Gasteiger partial charge in [0.15, 0.2) is 5.82 Å². The normalized spacial score (nSPS) is 14.9. The smallest absolute Gasteiger partial charge is 0.368 e. The van der Waals surface area contributed by atoms with Gasteiger partial charge in [0.2, 0.25) is 0 Å². The summed E-state index contributed by atoms with van der Waals surface area (Å²) in [6.45, 7) is 3.73. The molecule has 1 fully saturated rings. The van der Waals surface area contributed by atoms with Crippen LogP contribution in [-0.2, 0) is 19.8 Å². The van der Waals surface area contributed by atoms with Crippen LogP contribution in [-0.4, -0.2) is 64.5 Å². The minimum Gasteiger partial charge on any atom is -0.368 e. The fourth-order valence-corrected chi connectivity index (χ4v) is 3.81. The van der Waals surface area contributed by atoms with Crippen LogP contribution in [0.15, 0.2) is 48.7 Å². The zero-order valence-electron chi connectivity index (χ0n) is 19.7. The lowest BCUT2D eigenvalue weighted by atomic mass is 10.0. The van der Waals surface area contributed by atoms with Gasteiger partial charge in [0.25, 0.3) is 0 Å². The van der Waals surface area contributed by atoms with Gasteiger partial charge in [-0.3, -0.25) is 9.58 Å². The molecular weight excluding hydrogens is 455 g/mol. The Morgan fingerprint density at radius 1 is 0.971 bits per heavy atom. The van der Waals surface area contributed by atoms with E-state index in [1.54, 1.807) is 36.1 Å². The van der Waals surface area contributed by atoms with Gasteiger partial charge in [-0.05, 0) is 48.7 Å². The van der Waals surface area contributed by atoms with E-state index < -0.39 is 11.7 Å². The van der Waals surface area contributed by atoms with Crippen molar-refractivity contribution in [2.75, 3.05) is 50.5 Å². The number of halogens is 3. The maximum atomic E-state index is 13.8. The number of nitrogens with one attached hydrogen (secondary N) is 2. The SMILES string of the molecule is CN1CCN(Cc2ccc(NCNc3cc(C#Cc4ccccn4)n(C)n3)cc2C(F)(F)F)CC1. The minimum absolute atomic E-state index is 0.208. The van der Waals surface area contributed by atoms with E-state index in [1.165, 1.54) is 6.07 Å². The van der Waals surface area contributed by atoms with Gasteiger partial charge in [-0.2, -0.15) is 18.3 Å². The summed E-state index contributed by atoms with van der Waals surface area (Å²) in [5.74, 6) is 6.56. The van der Waals surface area contributed by atoms with Crippen LogP contribution in [0, 0.1) is 11.8 Å². The predicted molar refractivity (Wildman–Crippen MR) is 130 cm³/mol. The van der Waals surface area contributed by atoms with E-state index in [0.29, 0.717) is 28.5 Å². The molecule has 4 rings (SSSR count). The number of anilines is 2. The molecule has 1 aliphatic rings. The summed E-state index contributed by atoms with van der Waals surface area (Å²) in [5.41, 5.74) is 1.41. The van der Waals surface area contributed by atoms with Crippen LogP contribution in [0.2, 0.25) is 0 Å². The van der Waals surface area contributed by atoms with Crippen LogP contribution in [0.5, 0.6) is 0 Å². The summed E-state index contributed by atoms with van der Waals surface area (Å²) in [7, 11) is 3.80. The van der Waals surface area contributed by atoms with Crippen LogP contribution >= 0.6 is 0 Å². The fraction of sp³-hybridized carbons (Fsp3) is 0.360. The molecule has 3 heterocycles. The van der Waals surface area contributed by atoms with Gasteiger partial charge in [0.1, 0.15) is 11.4 Å². The highest BCUT2D eigenvalue weighted by atomic mass is 19.4. The number of piperazine rings is 1. The summed E-state index contributed by atoms with van der Waals surface area (Å²) in [4.78, 5) is 8.41. The number of hydrogen-bond acceptors (Lipinski definition) is 6. The van der Waals surface area contributed by atoms with Crippen molar-refractivity contribution in [3.05, 3.63) is 71.2 Å². The maximum Gasteiger partial charge on any atom is 0.416 e. The van der Waals surface area contributed by atoms with Crippen molar-refractivity contribution in [1.29, 1.82) is 0 Å². The molecule has 0 unspecified atom stereocenters. The maximum absolute atomic E-state index is 13.8. The first-order valence-electron chi connectivity index (χ1n) is 11.3. The van der Waals surface area contributed by atoms with E-state index in [-0.39, 0.29) is 13.2 Å². The van der Waals surface area contributed by atoms with Gasteiger partial charge in [0, 0.05) is 57.7 Å². The summed E-state index contributed by atoms with van der Waals surface area (Å²) in [5, 5.41) is 10.4. The highest BCUT2D eigenvalue weighted by molar-refractivity contribution is 5.51. The van der Waals surface area contributed by atoms with Crippen molar-refractivity contribution in [3.8, 4) is 11.8 Å². The number of hydrogen-bond donors (Lipinski definition) is 2. The van der Waals surface area contributed by atoms with E-state index in [9.17, 15) is 13.2 Å². The van der Waals surface area contributed by atoms with Crippen molar-refractivity contribution < 1.29 is 13.2 Å². The summed E-state index contributed by atoms with van der Waals surface area (Å²) in [6, 6.07) is 11.7. The zero-order chi connectivity index (χ0) is 24.8. The van der Waals surface area contributed by atoms with E-state index in [4.69, 9.17) is 0 Å². The quantitative estimate of drug-likeness (QED) is 0.414. The van der Waals surface area contributed by atoms with Crippen molar-refractivity contribution in [2.24, 2.45) is 7.05 Å². The molecule has 3 aromatic rings. The third-order valence-electron chi connectivity index (χ3n) is 5.83. The molecule has 0 bridgehead atoms. The number of aryl methyl sites for hydroxylation is 1. The molecule has 2 aromatic heterocycles. The lowest BCUT2D eigenvalue weighted by Gasteiger charge is -2.33. The second kappa shape index (κ2) is 10.8. The Morgan fingerprint density at radius 3 is 2.49 bits per heavy atom. The Bertz CT molecular complexity index is 1190. The lowest BCUT2D eigenvalue weighted by Crippen LogP contribution is -2.44. The van der Waals surface area contributed by atoms with Gasteiger partial charge in [-0.1, -0.05) is 12.1 Å². The third kappa shape index (κ3) is 6.74. The molecule has 2 N–H and O–H groups in total. The first kappa shape index (κ1) is 24.6. The number of rotatable bonds is 6. The number of pyridine rings is 1. The van der Waals surface area contributed by atoms with E-state index >= 15 is 0 Å². The standard InChI is InChI=1S/C25H28F3N7/c1-33-11-13-35(14-12-33)17-19-6-7-21(15-23(19)25(26,27)28)30-18-31-24-16-22(34(2)32-24)9-8-20-5-3-4-10-29-20/h3-7,10,15-16,30H,11-14,17-18H2,1-2H3,(H,31,32). The van der Waals surface area contributed by atoms with E-state index in [1.807, 2.05) is 25.2 Å². The molecule has 0 atom stereocenters. The van der Waals surface area contributed by atoms with Crippen LogP contribution in [0.4, 0.5) is 24.7 Å². The Hall–Kier alpha value is -3.55. The van der Waals surface area contributed by atoms with Gasteiger partial charge >= 0.3 is 6.18 Å². The van der Waals surface area contributed by atoms with Crippen LogP contribution in [0.3, 0.4) is 0 Å². The van der Waals surface area contributed by atoms with Crippen molar-refractivity contribution in [3.63, 3.8) is 0 Å². The topological polar surface area (TPSA) is 61.2 Å². The Morgan fingerprint density at radius 2 is 1.77 bits per heavy atom. The van der Waals surface area contributed by atoms with E-state index in [0.717, 1.165) is 26.2 Å². The molecule has 1 aliphatic heterocycles. The number of nitrogens with zero attached hydrogens (tertiary/aromatic N) is 5. The summed E-state index contributed by atoms with van der Waals surface area (Å²) < 4.78 is 43.0. The van der Waals surface area contributed by atoms with Crippen LogP contribution in [0.25, 0.3) is 0 Å². The minimum atomic E-state index is -4.42. The second-order valence-electron chi connectivity index (χ2n) is 8.48. The largest absolute Gasteiger partial charge is 0.416 e. The number of aromatic nitrogens is 3. The average Bonchev–Trinajstić information content (AvgIpc) is 3.19. The second-order valence-corrected chi connectivity index (χ2v) is 8.48. The highest BCUT2D eigenvalue weighted by Gasteiger charge is 2.34. The third-order valence-corrected chi connectivity index (χ3v) is 5.83. The number of benzene rings is 1. The molecule has 0 spiro atoms. The molecule has 10 heteroatoms. The van der Waals surface area contributed by atoms with Crippen molar-refractivity contribution in [2.45, 2.75) is 12.7 Å². The zero-order valence-corrected chi connectivity index (χ0v) is 19.7. The highest BCUT2D eigenvalue weighted by Crippen LogP contribution is 2.34. The monoisotopic (exact) mass is 483 g/mol. The van der Waals surface area contributed by atoms with Gasteiger partial charge in [0.05, 0.1) is 12.2 Å². The number of alkyl halides is 3. The van der Waals surface area contributed by atoms with Crippen molar-refractivity contribution in [1.82, 2.24) is 24.6 Å². The Balaban J connectivity index is 1.38. The summed E-state index contributed by atoms with van der Waals surface area (Å²) >= 11 is 0. The average molecular weight is 484 g/mol. The Kier molecular flexibility index (Phi) is 7.58. The first-order valence-corrected chi connectivity index (χ1v) is 11.3. The van der Waals surface area contributed by atoms with Crippen LogP contribution < -0.4 is 10.6 Å². The molecule has 0 amide bonds. The lowest BCUT2D eigenvalue weighted by molar-refractivity contribution is -0.138. The van der Waals surface area contributed by atoms with Gasteiger partial charge in [-0.15, -0.1) is 0 Å². The molecule has 0 saturated carbocycles. The molecule has 1 saturated heterocycles. The number of likely N-dealkylation sites (N-methyl/N-ethyl adjacent to an activating group) is 1.